The molecule has 9 rings (SSSR count). The van der Waals surface area contributed by atoms with Crippen LogP contribution in [0.3, 0.4) is 0 Å². The van der Waals surface area contributed by atoms with Crippen LogP contribution in [0.15, 0.2) is 121 Å². The zero-order valence-corrected chi connectivity index (χ0v) is 36.6. The fourth-order valence-electron chi connectivity index (χ4n) is 7.81. The fourth-order valence-corrected chi connectivity index (χ4v) is 7.81. The minimum atomic E-state index is -0.398. The lowest BCUT2D eigenvalue weighted by molar-refractivity contribution is 0.0517. The number of hydrogen-bond acceptors (Lipinski definition) is 8. The van der Waals surface area contributed by atoms with Gasteiger partial charge in [-0.1, -0.05) is 72.2 Å². The summed E-state index contributed by atoms with van der Waals surface area (Å²) in [6.45, 7) is 4.11. The highest BCUT2D eigenvalue weighted by Gasteiger charge is 2.18. The Morgan fingerprint density at radius 2 is 0.848 bits per heavy atom. The number of aromatic amines is 2. The number of nitrogens with zero attached hydrogens (tertiary/aromatic N) is 2. The molecule has 3 aromatic heterocycles. The van der Waals surface area contributed by atoms with E-state index in [2.05, 4.69) is 33.6 Å². The van der Waals surface area contributed by atoms with Crippen LogP contribution in [0.5, 0.6) is 11.5 Å². The zero-order valence-electron chi connectivity index (χ0n) is 36.6. The van der Waals surface area contributed by atoms with E-state index >= 15 is 0 Å². The van der Waals surface area contributed by atoms with Gasteiger partial charge in [-0.2, -0.15) is 0 Å². The number of esters is 2. The predicted octanol–water partition coefficient (Wildman–Crippen LogP) is 11.2. The van der Waals surface area contributed by atoms with E-state index in [1.165, 1.54) is 0 Å². The number of nitrogens with one attached hydrogen (secondary N) is 2. The Bertz CT molecular complexity index is 3180. The average molecular weight is 867 g/mol. The third-order valence-electron chi connectivity index (χ3n) is 11.0. The van der Waals surface area contributed by atoms with Crippen molar-refractivity contribution >= 4 is 58.3 Å². The molecular weight excluding hydrogens is 825 g/mol. The summed E-state index contributed by atoms with van der Waals surface area (Å²) in [4.78, 5) is 43.3. The van der Waals surface area contributed by atoms with Crippen molar-refractivity contribution in [2.45, 2.75) is 13.8 Å². The second-order valence-corrected chi connectivity index (χ2v) is 15.0. The molecule has 10 heteroatoms. The van der Waals surface area contributed by atoms with Gasteiger partial charge in [0.15, 0.2) is 0 Å². The molecule has 8 bridgehead atoms. The minimum absolute atomic E-state index is 0.270. The Morgan fingerprint density at radius 3 is 1.24 bits per heavy atom. The van der Waals surface area contributed by atoms with Gasteiger partial charge in [0.1, 0.15) is 11.5 Å². The smallest absolute Gasteiger partial charge is 0.338 e. The van der Waals surface area contributed by atoms with Crippen LogP contribution in [0.4, 0.5) is 0 Å². The lowest BCUT2D eigenvalue weighted by atomic mass is 10.0. The van der Waals surface area contributed by atoms with Crippen molar-refractivity contribution in [1.29, 1.82) is 0 Å². The van der Waals surface area contributed by atoms with Gasteiger partial charge in [0.25, 0.3) is 0 Å². The molecule has 0 fully saturated rings. The molecule has 10 nitrogen and oxygen atoms in total. The molecule has 0 unspecified atom stereocenters. The summed E-state index contributed by atoms with van der Waals surface area (Å²) in [5.74, 6) is 14.1. The minimum Gasteiger partial charge on any atom is -0.495 e. The molecule has 0 aliphatic carbocycles. The van der Waals surface area contributed by atoms with Crippen molar-refractivity contribution in [1.82, 2.24) is 19.9 Å². The number of benzene rings is 4. The van der Waals surface area contributed by atoms with Crippen LogP contribution in [-0.4, -0.2) is 59.3 Å². The van der Waals surface area contributed by atoms with Crippen LogP contribution >= 0.6 is 0 Å². The molecule has 4 aromatic carbocycles. The molecule has 5 heterocycles. The van der Waals surface area contributed by atoms with Gasteiger partial charge in [0, 0.05) is 22.2 Å². The highest BCUT2D eigenvalue weighted by atomic mass is 16.5. The average Bonchev–Trinajstić information content (AvgIpc) is 4.21. The first-order valence-corrected chi connectivity index (χ1v) is 21.4. The maximum absolute atomic E-state index is 12.7. The van der Waals surface area contributed by atoms with Crippen LogP contribution in [-0.2, 0) is 9.47 Å². The molecule has 2 aliphatic rings. The van der Waals surface area contributed by atoms with Gasteiger partial charge in [-0.15, -0.1) is 0 Å². The van der Waals surface area contributed by atoms with Gasteiger partial charge in [-0.05, 0) is 122 Å². The zero-order chi connectivity index (χ0) is 45.6. The van der Waals surface area contributed by atoms with Crippen LogP contribution in [0.25, 0.3) is 68.6 Å². The molecule has 0 radical (unpaired) electrons. The van der Waals surface area contributed by atoms with Gasteiger partial charge >= 0.3 is 11.9 Å². The Hall–Kier alpha value is -8.86. The number of aromatic nitrogens is 4. The molecule has 66 heavy (non-hydrogen) atoms. The summed E-state index contributed by atoms with van der Waals surface area (Å²) in [5.41, 5.74) is 12.3. The molecule has 0 amide bonds. The topological polar surface area (TPSA) is 128 Å². The largest absolute Gasteiger partial charge is 0.495 e. The third kappa shape index (κ3) is 8.59. The first-order valence-electron chi connectivity index (χ1n) is 21.4. The number of ether oxygens (including phenoxy) is 4. The molecule has 0 atom stereocenters. The Morgan fingerprint density at radius 1 is 0.470 bits per heavy atom. The number of para-hydroxylation sites is 2. The first kappa shape index (κ1) is 42.4. The van der Waals surface area contributed by atoms with Crippen molar-refractivity contribution in [3.63, 3.8) is 0 Å². The van der Waals surface area contributed by atoms with Crippen molar-refractivity contribution < 1.29 is 28.5 Å². The Labute approximate surface area is 381 Å². The predicted molar refractivity (Wildman–Crippen MR) is 260 cm³/mol. The number of carbonyl (C=O) groups is 2. The number of methoxy groups -OCH3 is 2. The quantitative estimate of drug-likeness (QED) is 0.114. The second-order valence-electron chi connectivity index (χ2n) is 15.0. The highest BCUT2D eigenvalue weighted by Crippen LogP contribution is 2.35. The van der Waals surface area contributed by atoms with Crippen LogP contribution in [0.1, 0.15) is 79.6 Å². The highest BCUT2D eigenvalue weighted by molar-refractivity contribution is 5.97. The maximum atomic E-state index is 12.7. The number of carbonyl (C=O) groups excluding carboxylic acids is 2. The van der Waals surface area contributed by atoms with Crippen molar-refractivity contribution in [2.75, 3.05) is 27.4 Å². The molecule has 322 valence electrons. The molecule has 0 saturated carbocycles. The number of fused-ring (bicyclic) bond motifs is 8. The van der Waals surface area contributed by atoms with Crippen molar-refractivity contribution in [2.24, 2.45) is 0 Å². The van der Waals surface area contributed by atoms with Crippen LogP contribution in [0.2, 0.25) is 0 Å². The lowest BCUT2D eigenvalue weighted by Gasteiger charge is -2.07. The van der Waals surface area contributed by atoms with Crippen LogP contribution < -0.4 is 9.47 Å². The monoisotopic (exact) mass is 866 g/mol. The van der Waals surface area contributed by atoms with E-state index in [0.29, 0.717) is 67.6 Å². The fraction of sp³-hybridized carbons (Fsp3) is 0.107. The maximum Gasteiger partial charge on any atom is 0.338 e. The SMILES string of the molecule is CCOC(=O)c1ccc(-c2c3nc(c(C#Cc4ccccc4OC)c4ccc([nH]4)c(-c4ccc(C(=O)OCC)cc4)c4nc(c(C#Cc5ccccc5OC)c5ccc2[nH]5)C=C4)C=C3)cc1. The summed E-state index contributed by atoms with van der Waals surface area (Å²) >= 11 is 0. The van der Waals surface area contributed by atoms with Gasteiger partial charge in [0.2, 0.25) is 0 Å². The van der Waals surface area contributed by atoms with Crippen LogP contribution in [0, 0.1) is 23.7 Å². The van der Waals surface area contributed by atoms with E-state index in [4.69, 9.17) is 28.9 Å². The third-order valence-corrected chi connectivity index (χ3v) is 11.0. The number of H-pyrrole nitrogens is 2. The van der Waals surface area contributed by atoms with E-state index in [1.54, 1.807) is 52.3 Å². The van der Waals surface area contributed by atoms with Crippen molar-refractivity contribution in [3.8, 4) is 57.4 Å². The lowest BCUT2D eigenvalue weighted by Crippen LogP contribution is -2.04. The summed E-state index contributed by atoms with van der Waals surface area (Å²) < 4.78 is 21.9. The standard InChI is InChI=1S/C56H42N4O6/c1-5-65-55(61)39-19-15-37(16-20-39)53-47-31-27-43(57-47)41(25-23-35-11-7-9-13-51(35)63-3)45-29-33-49(59-45)54(38-17-21-40(22-18-38)56(62)66-6-2)50-34-30-46(60-50)42(44-28-32-48(53)58-44)26-24-36-12-8-10-14-52(36)64-4/h7-22,27-34,57,60H,5-6H2,1-4H3. The van der Waals surface area contributed by atoms with Crippen molar-refractivity contribution in [3.05, 3.63) is 177 Å². The van der Waals surface area contributed by atoms with Gasteiger partial charge < -0.3 is 28.9 Å². The summed E-state index contributed by atoms with van der Waals surface area (Å²) in [7, 11) is 3.25. The van der Waals surface area contributed by atoms with Gasteiger partial charge in [-0.25, -0.2) is 19.6 Å². The normalized spacial score (nSPS) is 11.2. The van der Waals surface area contributed by atoms with E-state index in [0.717, 1.165) is 44.4 Å². The molecule has 2 N–H and O–H groups in total. The van der Waals surface area contributed by atoms with Gasteiger partial charge in [0.05, 0.1) is 94.6 Å². The molecule has 0 spiro atoms. The summed E-state index contributed by atoms with van der Waals surface area (Å²) in [6.07, 6.45) is 7.85. The van der Waals surface area contributed by atoms with E-state index in [-0.39, 0.29) is 13.2 Å². The number of rotatable bonds is 8. The van der Waals surface area contributed by atoms with E-state index in [1.807, 2.05) is 121 Å². The Kier molecular flexibility index (Phi) is 12.1. The Balaban J connectivity index is 1.38. The molecule has 0 saturated heterocycles. The molecule has 7 aromatic rings. The van der Waals surface area contributed by atoms with Gasteiger partial charge in [-0.3, -0.25) is 0 Å². The van der Waals surface area contributed by atoms with E-state index in [9.17, 15) is 9.59 Å². The first-order chi connectivity index (χ1) is 32.3. The number of hydrogen-bond donors (Lipinski definition) is 2. The summed E-state index contributed by atoms with van der Waals surface area (Å²) in [6, 6.07) is 37.8. The molecule has 2 aliphatic heterocycles. The molecular formula is C56H42N4O6. The van der Waals surface area contributed by atoms with E-state index < -0.39 is 11.9 Å². The second kappa shape index (κ2) is 18.9. The summed E-state index contributed by atoms with van der Waals surface area (Å²) in [5, 5.41) is 0.